The number of anilines is 1. The van der Waals surface area contributed by atoms with Crippen LogP contribution in [0, 0.1) is 5.92 Å². The molecule has 0 aromatic heterocycles. The predicted octanol–water partition coefficient (Wildman–Crippen LogP) is 3.27. The highest BCUT2D eigenvalue weighted by molar-refractivity contribution is 5.78. The molecule has 1 aliphatic carbocycles. The average molecular weight is 332 g/mol. The molecule has 0 saturated heterocycles. The van der Waals surface area contributed by atoms with Crippen molar-refractivity contribution >= 4 is 11.6 Å². The summed E-state index contributed by atoms with van der Waals surface area (Å²) in [6, 6.07) is 8.93. The van der Waals surface area contributed by atoms with Crippen LogP contribution in [0.5, 0.6) is 0 Å². The third-order valence-electron chi connectivity index (χ3n) is 5.13. The Balaban J connectivity index is 1.85. The van der Waals surface area contributed by atoms with Gasteiger partial charge in [0.15, 0.2) is 0 Å². The lowest BCUT2D eigenvalue weighted by Crippen LogP contribution is -2.45. The van der Waals surface area contributed by atoms with E-state index in [1.807, 2.05) is 14.1 Å². The fourth-order valence-corrected chi connectivity index (χ4v) is 3.42. The van der Waals surface area contributed by atoms with Crippen molar-refractivity contribution in [1.82, 2.24) is 10.2 Å². The van der Waals surface area contributed by atoms with Crippen molar-refractivity contribution in [3.8, 4) is 0 Å². The van der Waals surface area contributed by atoms with E-state index >= 15 is 0 Å². The number of carbonyl (C=O) groups excluding carboxylic acids is 1. The van der Waals surface area contributed by atoms with Gasteiger partial charge in [0.1, 0.15) is 0 Å². The molecule has 1 N–H and O–H groups in total. The van der Waals surface area contributed by atoms with Crippen molar-refractivity contribution in [3.05, 3.63) is 29.8 Å². The number of nitrogens with one attached hydrogen (secondary N) is 1. The van der Waals surface area contributed by atoms with Crippen LogP contribution in [0.1, 0.15) is 45.1 Å². The van der Waals surface area contributed by atoms with Gasteiger partial charge in [0.05, 0.1) is 6.54 Å². The summed E-state index contributed by atoms with van der Waals surface area (Å²) in [4.78, 5) is 16.7. The summed E-state index contributed by atoms with van der Waals surface area (Å²) in [5.74, 6) is 0.775. The Morgan fingerprint density at radius 1 is 1.17 bits per heavy atom. The van der Waals surface area contributed by atoms with E-state index in [0.29, 0.717) is 18.5 Å². The highest BCUT2D eigenvalue weighted by atomic mass is 16.2. The van der Waals surface area contributed by atoms with Gasteiger partial charge in [-0.05, 0) is 43.0 Å². The van der Waals surface area contributed by atoms with Gasteiger partial charge in [-0.3, -0.25) is 9.69 Å². The first-order valence-electron chi connectivity index (χ1n) is 9.27. The van der Waals surface area contributed by atoms with Crippen LogP contribution in [0.15, 0.2) is 24.3 Å². The molecular weight excluding hydrogens is 298 g/mol. The van der Waals surface area contributed by atoms with Crippen LogP contribution in [-0.2, 0) is 11.3 Å². The Morgan fingerprint density at radius 3 is 2.42 bits per heavy atom. The van der Waals surface area contributed by atoms with Gasteiger partial charge in [-0.1, -0.05) is 38.8 Å². The van der Waals surface area contributed by atoms with Gasteiger partial charge in [-0.2, -0.15) is 0 Å². The smallest absolute Gasteiger partial charge is 0.234 e. The SMILES string of the molecule is CCN(CC(=O)N[C@H]1CCCC[C@@H]1C)Cc1ccc(N(C)C)cc1. The second-order valence-corrected chi connectivity index (χ2v) is 7.30. The van der Waals surface area contributed by atoms with E-state index in [2.05, 4.69) is 53.2 Å². The molecule has 1 aliphatic rings. The number of benzene rings is 1. The zero-order valence-electron chi connectivity index (χ0n) is 15.7. The van der Waals surface area contributed by atoms with E-state index in [9.17, 15) is 4.79 Å². The third-order valence-corrected chi connectivity index (χ3v) is 5.13. The maximum atomic E-state index is 12.4. The van der Waals surface area contributed by atoms with Crippen LogP contribution in [0.3, 0.4) is 0 Å². The summed E-state index contributed by atoms with van der Waals surface area (Å²) in [6.45, 7) is 6.55. The first-order valence-corrected chi connectivity index (χ1v) is 9.27. The number of hydrogen-bond acceptors (Lipinski definition) is 3. The van der Waals surface area contributed by atoms with Gasteiger partial charge in [0.2, 0.25) is 5.91 Å². The van der Waals surface area contributed by atoms with Crippen LogP contribution in [0.2, 0.25) is 0 Å². The fraction of sp³-hybridized carbons (Fsp3) is 0.650. The van der Waals surface area contributed by atoms with Crippen molar-refractivity contribution in [2.45, 2.75) is 52.1 Å². The third kappa shape index (κ3) is 5.52. The highest BCUT2D eigenvalue weighted by Gasteiger charge is 2.23. The van der Waals surface area contributed by atoms with E-state index in [1.165, 1.54) is 30.5 Å². The largest absolute Gasteiger partial charge is 0.378 e. The molecule has 1 fully saturated rings. The van der Waals surface area contributed by atoms with Gasteiger partial charge in [-0.25, -0.2) is 0 Å². The number of rotatable bonds is 7. The monoisotopic (exact) mass is 331 g/mol. The Morgan fingerprint density at radius 2 is 1.83 bits per heavy atom. The van der Waals surface area contributed by atoms with Gasteiger partial charge in [-0.15, -0.1) is 0 Å². The van der Waals surface area contributed by atoms with E-state index in [0.717, 1.165) is 19.5 Å². The number of amides is 1. The average Bonchev–Trinajstić information content (AvgIpc) is 2.56. The summed E-state index contributed by atoms with van der Waals surface area (Å²) in [6.07, 6.45) is 4.91. The topological polar surface area (TPSA) is 35.6 Å². The molecule has 0 radical (unpaired) electrons. The van der Waals surface area contributed by atoms with Crippen LogP contribution in [0.25, 0.3) is 0 Å². The quantitative estimate of drug-likeness (QED) is 0.833. The fourth-order valence-electron chi connectivity index (χ4n) is 3.42. The first-order chi connectivity index (χ1) is 11.5. The van der Waals surface area contributed by atoms with Crippen molar-refractivity contribution < 1.29 is 4.79 Å². The number of carbonyl (C=O) groups is 1. The molecule has 1 aromatic carbocycles. The maximum absolute atomic E-state index is 12.4. The van der Waals surface area contributed by atoms with Gasteiger partial charge < -0.3 is 10.2 Å². The number of likely N-dealkylation sites (N-methyl/N-ethyl adjacent to an activating group) is 1. The number of hydrogen-bond donors (Lipinski definition) is 1. The van der Waals surface area contributed by atoms with Crippen LogP contribution in [0.4, 0.5) is 5.69 Å². The van der Waals surface area contributed by atoms with Gasteiger partial charge in [0, 0.05) is 32.4 Å². The summed E-state index contributed by atoms with van der Waals surface area (Å²) >= 11 is 0. The molecular formula is C20H33N3O. The Kier molecular flexibility index (Phi) is 7.10. The summed E-state index contributed by atoms with van der Waals surface area (Å²) in [7, 11) is 4.09. The van der Waals surface area contributed by atoms with Crippen molar-refractivity contribution in [2.75, 3.05) is 32.1 Å². The van der Waals surface area contributed by atoms with Crippen molar-refractivity contribution in [2.24, 2.45) is 5.92 Å². The lowest BCUT2D eigenvalue weighted by molar-refractivity contribution is -0.123. The second-order valence-electron chi connectivity index (χ2n) is 7.30. The van der Waals surface area contributed by atoms with E-state index in [1.54, 1.807) is 0 Å². The van der Waals surface area contributed by atoms with E-state index in [-0.39, 0.29) is 5.91 Å². The molecule has 134 valence electrons. The molecule has 1 amide bonds. The standard InChI is InChI=1S/C20H33N3O/c1-5-23(14-17-10-12-18(13-11-17)22(3)4)15-20(24)21-19-9-7-6-8-16(19)2/h10-13,16,19H,5-9,14-15H2,1-4H3,(H,21,24)/t16-,19-/m0/s1. The van der Waals surface area contributed by atoms with Gasteiger partial charge >= 0.3 is 0 Å². The predicted molar refractivity (Wildman–Crippen MR) is 101 cm³/mol. The van der Waals surface area contributed by atoms with E-state index < -0.39 is 0 Å². The molecule has 0 bridgehead atoms. The van der Waals surface area contributed by atoms with Gasteiger partial charge in [0.25, 0.3) is 0 Å². The molecule has 0 heterocycles. The normalized spacial score (nSPS) is 20.9. The number of nitrogens with zero attached hydrogens (tertiary/aromatic N) is 2. The highest BCUT2D eigenvalue weighted by Crippen LogP contribution is 2.23. The molecule has 1 saturated carbocycles. The lowest BCUT2D eigenvalue weighted by atomic mass is 9.86. The molecule has 24 heavy (non-hydrogen) atoms. The summed E-state index contributed by atoms with van der Waals surface area (Å²) in [5.41, 5.74) is 2.45. The molecule has 0 unspecified atom stereocenters. The molecule has 0 spiro atoms. The maximum Gasteiger partial charge on any atom is 0.234 e. The van der Waals surface area contributed by atoms with Crippen LogP contribution in [-0.4, -0.2) is 44.0 Å². The molecule has 2 rings (SSSR count). The van der Waals surface area contributed by atoms with Crippen LogP contribution >= 0.6 is 0 Å². The first kappa shape index (κ1) is 18.8. The molecule has 0 aliphatic heterocycles. The lowest BCUT2D eigenvalue weighted by Gasteiger charge is -2.30. The Labute approximate surface area is 147 Å². The zero-order valence-corrected chi connectivity index (χ0v) is 15.7. The molecule has 2 atom stereocenters. The van der Waals surface area contributed by atoms with E-state index in [4.69, 9.17) is 0 Å². The van der Waals surface area contributed by atoms with Crippen LogP contribution < -0.4 is 10.2 Å². The minimum atomic E-state index is 0.167. The Bertz CT molecular complexity index is 512. The molecule has 1 aromatic rings. The Hall–Kier alpha value is -1.55. The minimum absolute atomic E-state index is 0.167. The minimum Gasteiger partial charge on any atom is -0.378 e. The molecule has 4 nitrogen and oxygen atoms in total. The summed E-state index contributed by atoms with van der Waals surface area (Å²) in [5, 5.41) is 3.26. The second kappa shape index (κ2) is 9.07. The summed E-state index contributed by atoms with van der Waals surface area (Å²) < 4.78 is 0. The molecule has 4 heteroatoms. The van der Waals surface area contributed by atoms with Crippen molar-refractivity contribution in [3.63, 3.8) is 0 Å². The zero-order chi connectivity index (χ0) is 17.5. The van der Waals surface area contributed by atoms with Crippen molar-refractivity contribution in [1.29, 1.82) is 0 Å².